The SMILES string of the molecule is CC1CCC1Nc1ccc(Cl)c(F)c1. The highest BCUT2D eigenvalue weighted by molar-refractivity contribution is 6.30. The van der Waals surface area contributed by atoms with Gasteiger partial charge in [-0.3, -0.25) is 0 Å². The van der Waals surface area contributed by atoms with Gasteiger partial charge < -0.3 is 5.32 Å². The second-order valence-electron chi connectivity index (χ2n) is 3.93. The molecule has 0 amide bonds. The Morgan fingerprint density at radius 2 is 2.21 bits per heavy atom. The highest BCUT2D eigenvalue weighted by atomic mass is 35.5. The molecule has 0 radical (unpaired) electrons. The van der Waals surface area contributed by atoms with Crippen molar-refractivity contribution in [2.24, 2.45) is 5.92 Å². The van der Waals surface area contributed by atoms with Gasteiger partial charge in [-0.1, -0.05) is 18.5 Å². The minimum absolute atomic E-state index is 0.178. The lowest BCUT2D eigenvalue weighted by Crippen LogP contribution is -2.36. The Morgan fingerprint density at radius 1 is 1.43 bits per heavy atom. The molecule has 2 atom stereocenters. The predicted octanol–water partition coefficient (Wildman–Crippen LogP) is 3.69. The fourth-order valence-corrected chi connectivity index (χ4v) is 1.80. The summed E-state index contributed by atoms with van der Waals surface area (Å²) in [4.78, 5) is 0. The molecule has 0 saturated heterocycles. The average molecular weight is 214 g/mol. The van der Waals surface area contributed by atoms with E-state index in [1.807, 2.05) is 6.07 Å². The number of hydrogen-bond donors (Lipinski definition) is 1. The number of halogens is 2. The summed E-state index contributed by atoms with van der Waals surface area (Å²) >= 11 is 5.59. The first kappa shape index (κ1) is 9.78. The van der Waals surface area contributed by atoms with Crippen molar-refractivity contribution < 1.29 is 4.39 Å². The fraction of sp³-hybridized carbons (Fsp3) is 0.455. The Labute approximate surface area is 88.3 Å². The zero-order valence-corrected chi connectivity index (χ0v) is 8.81. The molecule has 2 rings (SSSR count). The topological polar surface area (TPSA) is 12.0 Å². The van der Waals surface area contributed by atoms with Crippen LogP contribution in [-0.2, 0) is 0 Å². The molecule has 1 aromatic carbocycles. The lowest BCUT2D eigenvalue weighted by atomic mass is 9.81. The summed E-state index contributed by atoms with van der Waals surface area (Å²) in [5, 5.41) is 3.48. The van der Waals surface area contributed by atoms with Crippen LogP contribution < -0.4 is 5.32 Å². The van der Waals surface area contributed by atoms with Gasteiger partial charge in [0.15, 0.2) is 0 Å². The van der Waals surface area contributed by atoms with Crippen molar-refractivity contribution in [3.63, 3.8) is 0 Å². The standard InChI is InChI=1S/C11H13ClFN/c1-7-2-5-11(7)14-8-3-4-9(12)10(13)6-8/h3-4,6-7,11,14H,2,5H2,1H3. The summed E-state index contributed by atoms with van der Waals surface area (Å²) in [6.45, 7) is 2.20. The third-order valence-electron chi connectivity index (χ3n) is 2.89. The number of benzene rings is 1. The monoisotopic (exact) mass is 213 g/mol. The van der Waals surface area contributed by atoms with Crippen LogP contribution in [0.4, 0.5) is 10.1 Å². The first-order chi connectivity index (χ1) is 6.66. The Bertz CT molecular complexity index is 340. The summed E-state index contributed by atoms with van der Waals surface area (Å²) in [5.41, 5.74) is 0.823. The normalized spacial score (nSPS) is 25.6. The van der Waals surface area contributed by atoms with Crippen LogP contribution in [0.2, 0.25) is 5.02 Å². The van der Waals surface area contributed by atoms with Gasteiger partial charge in [0, 0.05) is 11.7 Å². The molecule has 1 saturated carbocycles. The number of rotatable bonds is 2. The van der Waals surface area contributed by atoms with Gasteiger partial charge in [0.1, 0.15) is 5.82 Å². The van der Waals surface area contributed by atoms with Crippen molar-refractivity contribution >= 4 is 17.3 Å². The maximum Gasteiger partial charge on any atom is 0.143 e. The third-order valence-corrected chi connectivity index (χ3v) is 3.20. The van der Waals surface area contributed by atoms with Gasteiger partial charge in [-0.25, -0.2) is 4.39 Å². The molecule has 76 valence electrons. The van der Waals surface area contributed by atoms with Gasteiger partial charge in [-0.2, -0.15) is 0 Å². The molecule has 0 aromatic heterocycles. The zero-order valence-electron chi connectivity index (χ0n) is 8.06. The quantitative estimate of drug-likeness (QED) is 0.790. The highest BCUT2D eigenvalue weighted by Gasteiger charge is 2.26. The molecule has 0 bridgehead atoms. The van der Waals surface area contributed by atoms with E-state index >= 15 is 0 Å². The molecule has 1 aliphatic carbocycles. The first-order valence-electron chi connectivity index (χ1n) is 4.88. The highest BCUT2D eigenvalue weighted by Crippen LogP contribution is 2.30. The smallest absolute Gasteiger partial charge is 0.143 e. The molecule has 0 aliphatic heterocycles. The first-order valence-corrected chi connectivity index (χ1v) is 5.26. The van der Waals surface area contributed by atoms with Gasteiger partial charge in [0.25, 0.3) is 0 Å². The van der Waals surface area contributed by atoms with E-state index in [-0.39, 0.29) is 10.8 Å². The van der Waals surface area contributed by atoms with Crippen LogP contribution in [0.25, 0.3) is 0 Å². The van der Waals surface area contributed by atoms with Crippen molar-refractivity contribution in [2.75, 3.05) is 5.32 Å². The molecule has 1 aromatic rings. The van der Waals surface area contributed by atoms with E-state index in [9.17, 15) is 4.39 Å². The number of hydrogen-bond acceptors (Lipinski definition) is 1. The van der Waals surface area contributed by atoms with Crippen molar-refractivity contribution in [3.05, 3.63) is 29.0 Å². The van der Waals surface area contributed by atoms with Crippen LogP contribution in [0.5, 0.6) is 0 Å². The summed E-state index contributed by atoms with van der Waals surface area (Å²) in [7, 11) is 0. The van der Waals surface area contributed by atoms with Crippen LogP contribution in [0.1, 0.15) is 19.8 Å². The van der Waals surface area contributed by atoms with Gasteiger partial charge in [0.05, 0.1) is 5.02 Å². The largest absolute Gasteiger partial charge is 0.382 e. The second-order valence-corrected chi connectivity index (χ2v) is 4.34. The lowest BCUT2D eigenvalue weighted by molar-refractivity contribution is 0.303. The Hall–Kier alpha value is -0.760. The van der Waals surface area contributed by atoms with E-state index in [0.717, 1.165) is 5.69 Å². The molecule has 0 spiro atoms. The summed E-state index contributed by atoms with van der Waals surface area (Å²) in [5.74, 6) is 0.331. The summed E-state index contributed by atoms with van der Waals surface area (Å²) < 4.78 is 13.1. The molecule has 2 unspecified atom stereocenters. The van der Waals surface area contributed by atoms with Crippen molar-refractivity contribution in [1.82, 2.24) is 0 Å². The Morgan fingerprint density at radius 3 is 2.71 bits per heavy atom. The molecule has 14 heavy (non-hydrogen) atoms. The van der Waals surface area contributed by atoms with Gasteiger partial charge >= 0.3 is 0 Å². The van der Waals surface area contributed by atoms with Crippen LogP contribution in [0.3, 0.4) is 0 Å². The third kappa shape index (κ3) is 1.85. The maximum atomic E-state index is 13.1. The molecule has 0 heterocycles. The van der Waals surface area contributed by atoms with E-state index in [1.165, 1.54) is 18.9 Å². The van der Waals surface area contributed by atoms with Crippen LogP contribution in [0.15, 0.2) is 18.2 Å². The van der Waals surface area contributed by atoms with E-state index in [4.69, 9.17) is 11.6 Å². The maximum absolute atomic E-state index is 13.1. The minimum Gasteiger partial charge on any atom is -0.382 e. The zero-order chi connectivity index (χ0) is 10.1. The molecule has 3 heteroatoms. The Kier molecular flexibility index (Phi) is 2.64. The number of nitrogens with one attached hydrogen (secondary N) is 1. The van der Waals surface area contributed by atoms with Crippen molar-refractivity contribution in [2.45, 2.75) is 25.8 Å². The number of anilines is 1. The Balaban J connectivity index is 2.06. The van der Waals surface area contributed by atoms with Crippen LogP contribution in [0, 0.1) is 11.7 Å². The summed E-state index contributed by atoms with van der Waals surface area (Å²) in [6.07, 6.45) is 2.43. The van der Waals surface area contributed by atoms with Crippen LogP contribution >= 0.6 is 11.6 Å². The molecule has 1 aliphatic rings. The van der Waals surface area contributed by atoms with Crippen LogP contribution in [-0.4, -0.2) is 6.04 Å². The van der Waals surface area contributed by atoms with Gasteiger partial charge in [-0.15, -0.1) is 0 Å². The van der Waals surface area contributed by atoms with E-state index in [1.54, 1.807) is 6.07 Å². The summed E-state index contributed by atoms with van der Waals surface area (Å²) in [6, 6.07) is 5.35. The lowest BCUT2D eigenvalue weighted by Gasteiger charge is -2.35. The van der Waals surface area contributed by atoms with Gasteiger partial charge in [0.2, 0.25) is 0 Å². The second kappa shape index (κ2) is 3.77. The molecular formula is C11H13ClFN. The molecule has 1 N–H and O–H groups in total. The van der Waals surface area contributed by atoms with E-state index in [0.29, 0.717) is 12.0 Å². The van der Waals surface area contributed by atoms with Crippen molar-refractivity contribution in [1.29, 1.82) is 0 Å². The van der Waals surface area contributed by atoms with E-state index < -0.39 is 0 Å². The average Bonchev–Trinajstić information content (AvgIpc) is 2.17. The fourth-order valence-electron chi connectivity index (χ4n) is 1.68. The van der Waals surface area contributed by atoms with Crippen molar-refractivity contribution in [3.8, 4) is 0 Å². The predicted molar refractivity (Wildman–Crippen MR) is 57.2 cm³/mol. The van der Waals surface area contributed by atoms with Gasteiger partial charge in [-0.05, 0) is 37.0 Å². The molecule has 1 nitrogen and oxygen atoms in total. The minimum atomic E-state index is -0.358. The molecular weight excluding hydrogens is 201 g/mol. The molecule has 1 fully saturated rings. The van der Waals surface area contributed by atoms with E-state index in [2.05, 4.69) is 12.2 Å².